The third kappa shape index (κ3) is 5.20. The summed E-state index contributed by atoms with van der Waals surface area (Å²) in [5.41, 5.74) is 0.762. The Bertz CT molecular complexity index is 401. The van der Waals surface area contributed by atoms with Crippen molar-refractivity contribution in [3.8, 4) is 5.75 Å². The van der Waals surface area contributed by atoms with Gasteiger partial charge in [0.2, 0.25) is 0 Å². The van der Waals surface area contributed by atoms with E-state index >= 15 is 0 Å². The van der Waals surface area contributed by atoms with Gasteiger partial charge in [-0.3, -0.25) is 0 Å². The Morgan fingerprint density at radius 2 is 2.00 bits per heavy atom. The topological polar surface area (TPSA) is 41.6 Å². The van der Waals surface area contributed by atoms with E-state index < -0.39 is 0 Å². The highest BCUT2D eigenvalue weighted by atomic mass is 16.5. The summed E-state index contributed by atoms with van der Waals surface area (Å²) in [5.74, 6) is 1.26. The molecule has 2 amide bonds. The van der Waals surface area contributed by atoms with E-state index in [1.165, 1.54) is 0 Å². The van der Waals surface area contributed by atoms with Gasteiger partial charge < -0.3 is 15.0 Å². The Hall–Kier alpha value is -1.71. The molecule has 4 nitrogen and oxygen atoms in total. The van der Waals surface area contributed by atoms with E-state index in [4.69, 9.17) is 4.74 Å². The molecular weight excluding hydrogens is 240 g/mol. The fourth-order valence-electron chi connectivity index (χ4n) is 1.64. The van der Waals surface area contributed by atoms with Gasteiger partial charge in [-0.05, 0) is 31.9 Å². The van der Waals surface area contributed by atoms with Crippen molar-refractivity contribution in [3.05, 3.63) is 24.3 Å². The third-order valence-electron chi connectivity index (χ3n) is 2.72. The molecule has 4 heteroatoms. The van der Waals surface area contributed by atoms with Crippen LogP contribution in [0.25, 0.3) is 0 Å². The summed E-state index contributed by atoms with van der Waals surface area (Å²) in [6, 6.07) is 7.42. The summed E-state index contributed by atoms with van der Waals surface area (Å²) in [7, 11) is 0. The largest absolute Gasteiger partial charge is 0.493 e. The van der Waals surface area contributed by atoms with E-state index in [0.717, 1.165) is 11.4 Å². The van der Waals surface area contributed by atoms with E-state index in [1.54, 1.807) is 4.90 Å². The molecule has 1 aromatic carbocycles. The number of hydrogen-bond acceptors (Lipinski definition) is 2. The molecule has 0 aliphatic rings. The van der Waals surface area contributed by atoms with Gasteiger partial charge >= 0.3 is 6.03 Å². The molecule has 0 atom stereocenters. The van der Waals surface area contributed by atoms with Gasteiger partial charge in [0.15, 0.2) is 0 Å². The number of carbonyl (C=O) groups excluding carboxylic acids is 1. The number of amides is 2. The number of rotatable bonds is 6. The molecule has 0 fully saturated rings. The number of urea groups is 1. The van der Waals surface area contributed by atoms with Gasteiger partial charge in [-0.25, -0.2) is 4.79 Å². The maximum absolute atomic E-state index is 11.9. The summed E-state index contributed by atoms with van der Waals surface area (Å²) in [4.78, 5) is 13.7. The number of carbonyl (C=O) groups is 1. The Balaban J connectivity index is 2.63. The summed E-state index contributed by atoms with van der Waals surface area (Å²) >= 11 is 0. The van der Waals surface area contributed by atoms with Gasteiger partial charge in [-0.1, -0.05) is 19.9 Å². The zero-order chi connectivity index (χ0) is 14.3. The van der Waals surface area contributed by atoms with Crippen molar-refractivity contribution in [1.29, 1.82) is 0 Å². The van der Waals surface area contributed by atoms with Crippen LogP contribution in [0, 0.1) is 5.92 Å². The van der Waals surface area contributed by atoms with Crippen LogP contribution < -0.4 is 10.1 Å². The van der Waals surface area contributed by atoms with Gasteiger partial charge in [0.05, 0.1) is 6.61 Å². The molecule has 0 aliphatic carbocycles. The minimum Gasteiger partial charge on any atom is -0.493 e. The molecule has 0 saturated carbocycles. The number of ether oxygens (including phenoxy) is 1. The molecule has 0 saturated heterocycles. The third-order valence-corrected chi connectivity index (χ3v) is 2.72. The summed E-state index contributed by atoms with van der Waals surface area (Å²) in [6.45, 7) is 10.2. The minimum atomic E-state index is -0.0778. The predicted octanol–water partition coefficient (Wildman–Crippen LogP) is 3.60. The molecule has 0 unspecified atom stereocenters. The number of anilines is 1. The molecular formula is C15H24N2O2. The van der Waals surface area contributed by atoms with Crippen molar-refractivity contribution in [2.24, 2.45) is 5.92 Å². The first-order chi connectivity index (χ1) is 9.06. The molecule has 0 radical (unpaired) electrons. The van der Waals surface area contributed by atoms with Crippen molar-refractivity contribution in [2.45, 2.75) is 27.7 Å². The molecule has 0 heterocycles. The van der Waals surface area contributed by atoms with Crippen LogP contribution in [0.4, 0.5) is 10.5 Å². The van der Waals surface area contributed by atoms with Crippen LogP contribution in [-0.2, 0) is 0 Å². The lowest BCUT2D eigenvalue weighted by molar-refractivity contribution is 0.217. The maximum Gasteiger partial charge on any atom is 0.321 e. The second-order valence-electron chi connectivity index (χ2n) is 4.84. The minimum absolute atomic E-state index is 0.0778. The van der Waals surface area contributed by atoms with Crippen LogP contribution in [0.1, 0.15) is 27.7 Å². The highest BCUT2D eigenvalue weighted by Crippen LogP contribution is 2.18. The fourth-order valence-corrected chi connectivity index (χ4v) is 1.64. The number of nitrogens with one attached hydrogen (secondary N) is 1. The van der Waals surface area contributed by atoms with Crippen LogP contribution in [-0.4, -0.2) is 30.6 Å². The Kier molecular flexibility index (Phi) is 6.19. The lowest BCUT2D eigenvalue weighted by Crippen LogP contribution is -2.34. The lowest BCUT2D eigenvalue weighted by Gasteiger charge is -2.19. The first-order valence-electron chi connectivity index (χ1n) is 6.85. The second-order valence-corrected chi connectivity index (χ2v) is 4.84. The average molecular weight is 264 g/mol. The summed E-state index contributed by atoms with van der Waals surface area (Å²) in [6.07, 6.45) is 0. The van der Waals surface area contributed by atoms with Crippen molar-refractivity contribution in [2.75, 3.05) is 25.0 Å². The zero-order valence-electron chi connectivity index (χ0n) is 12.3. The summed E-state index contributed by atoms with van der Waals surface area (Å²) in [5, 5.41) is 2.88. The molecule has 1 N–H and O–H groups in total. The van der Waals surface area contributed by atoms with E-state index in [1.807, 2.05) is 38.1 Å². The Labute approximate surface area is 115 Å². The quantitative estimate of drug-likeness (QED) is 0.853. The highest BCUT2D eigenvalue weighted by Gasteiger charge is 2.09. The van der Waals surface area contributed by atoms with E-state index in [9.17, 15) is 4.79 Å². The second kappa shape index (κ2) is 7.67. The van der Waals surface area contributed by atoms with Gasteiger partial charge in [-0.2, -0.15) is 0 Å². The van der Waals surface area contributed by atoms with Crippen LogP contribution in [0.15, 0.2) is 24.3 Å². The summed E-state index contributed by atoms with van der Waals surface area (Å²) < 4.78 is 5.64. The van der Waals surface area contributed by atoms with Crippen molar-refractivity contribution >= 4 is 11.7 Å². The van der Waals surface area contributed by atoms with E-state index in [0.29, 0.717) is 25.6 Å². The normalized spacial score (nSPS) is 10.4. The molecule has 106 valence electrons. The van der Waals surface area contributed by atoms with Crippen molar-refractivity contribution in [3.63, 3.8) is 0 Å². The molecule has 1 aromatic rings. The average Bonchev–Trinajstić information content (AvgIpc) is 2.38. The van der Waals surface area contributed by atoms with Crippen molar-refractivity contribution < 1.29 is 9.53 Å². The van der Waals surface area contributed by atoms with E-state index in [2.05, 4.69) is 19.2 Å². The van der Waals surface area contributed by atoms with Gasteiger partial charge in [0, 0.05) is 24.8 Å². The molecule has 0 bridgehead atoms. The van der Waals surface area contributed by atoms with Crippen LogP contribution >= 0.6 is 0 Å². The number of nitrogens with zero attached hydrogens (tertiary/aromatic N) is 1. The smallest absolute Gasteiger partial charge is 0.321 e. The van der Waals surface area contributed by atoms with E-state index in [-0.39, 0.29) is 6.03 Å². The van der Waals surface area contributed by atoms with Gasteiger partial charge in [0.25, 0.3) is 0 Å². The molecule has 0 spiro atoms. The molecule has 1 rings (SSSR count). The van der Waals surface area contributed by atoms with Gasteiger partial charge in [-0.15, -0.1) is 0 Å². The molecule has 0 aliphatic heterocycles. The first kappa shape index (κ1) is 15.3. The van der Waals surface area contributed by atoms with Crippen molar-refractivity contribution in [1.82, 2.24) is 4.90 Å². The number of benzene rings is 1. The molecule has 19 heavy (non-hydrogen) atoms. The maximum atomic E-state index is 11.9. The predicted molar refractivity (Wildman–Crippen MR) is 78.7 cm³/mol. The lowest BCUT2D eigenvalue weighted by atomic mass is 10.2. The zero-order valence-corrected chi connectivity index (χ0v) is 12.3. The standard InChI is InChI=1S/C15H24N2O2/c1-5-17(6-2)15(18)16-13-8-7-9-14(10-13)19-11-12(3)4/h7-10,12H,5-6,11H2,1-4H3,(H,16,18). The van der Waals surface area contributed by atoms with Crippen LogP contribution in [0.2, 0.25) is 0 Å². The first-order valence-corrected chi connectivity index (χ1v) is 6.85. The fraction of sp³-hybridized carbons (Fsp3) is 0.533. The number of hydrogen-bond donors (Lipinski definition) is 1. The Morgan fingerprint density at radius 1 is 1.32 bits per heavy atom. The molecule has 0 aromatic heterocycles. The van der Waals surface area contributed by atoms with Crippen LogP contribution in [0.5, 0.6) is 5.75 Å². The SMILES string of the molecule is CCN(CC)C(=O)Nc1cccc(OCC(C)C)c1. The monoisotopic (exact) mass is 264 g/mol. The van der Waals surface area contributed by atoms with Gasteiger partial charge in [0.1, 0.15) is 5.75 Å². The highest BCUT2D eigenvalue weighted by molar-refractivity contribution is 5.89. The Morgan fingerprint density at radius 3 is 2.58 bits per heavy atom. The van der Waals surface area contributed by atoms with Crippen LogP contribution in [0.3, 0.4) is 0 Å².